The Labute approximate surface area is 176 Å². The number of hydrogen-bond donors (Lipinski definition) is 0. The Morgan fingerprint density at radius 3 is 2.77 bits per heavy atom. The number of benzene rings is 1. The minimum Gasteiger partial charge on any atom is -0.328 e. The quantitative estimate of drug-likeness (QED) is 0.601. The molecular formula is C22H25FN4O2S. The van der Waals surface area contributed by atoms with Crippen LogP contribution in [-0.2, 0) is 22.3 Å². The summed E-state index contributed by atoms with van der Waals surface area (Å²) in [5, 5.41) is 0. The van der Waals surface area contributed by atoms with Gasteiger partial charge in [0.05, 0.1) is 5.75 Å². The maximum Gasteiger partial charge on any atom is 0.218 e. The summed E-state index contributed by atoms with van der Waals surface area (Å²) in [6, 6.07) is 9.90. The molecule has 0 radical (unpaired) electrons. The highest BCUT2D eigenvalue weighted by Gasteiger charge is 2.30. The number of hydrogen-bond acceptors (Lipinski definition) is 4. The van der Waals surface area contributed by atoms with Crippen LogP contribution in [0.5, 0.6) is 0 Å². The number of sulfonamides is 1. The first-order valence-electron chi connectivity index (χ1n) is 10.1. The van der Waals surface area contributed by atoms with E-state index in [2.05, 4.69) is 14.5 Å². The molecule has 4 rings (SSSR count). The smallest absolute Gasteiger partial charge is 0.218 e. The van der Waals surface area contributed by atoms with Gasteiger partial charge in [0.1, 0.15) is 11.6 Å². The molecule has 0 amide bonds. The van der Waals surface area contributed by atoms with E-state index in [1.807, 2.05) is 25.3 Å². The average molecular weight is 429 g/mol. The van der Waals surface area contributed by atoms with Crippen molar-refractivity contribution in [3.05, 3.63) is 72.1 Å². The molecule has 1 aromatic carbocycles. The van der Waals surface area contributed by atoms with E-state index in [1.165, 1.54) is 16.4 Å². The van der Waals surface area contributed by atoms with Crippen LogP contribution in [0.1, 0.15) is 24.1 Å². The van der Waals surface area contributed by atoms with Crippen molar-refractivity contribution in [3.8, 4) is 11.4 Å². The highest BCUT2D eigenvalue weighted by atomic mass is 32.2. The van der Waals surface area contributed by atoms with Gasteiger partial charge in [-0.25, -0.2) is 22.1 Å². The fourth-order valence-electron chi connectivity index (χ4n) is 4.01. The Morgan fingerprint density at radius 1 is 1.17 bits per heavy atom. The number of halogens is 1. The van der Waals surface area contributed by atoms with Gasteiger partial charge in [0.25, 0.3) is 0 Å². The highest BCUT2D eigenvalue weighted by molar-refractivity contribution is 7.88. The minimum absolute atomic E-state index is 0.164. The first-order chi connectivity index (χ1) is 14.4. The molecule has 0 aliphatic carbocycles. The lowest BCUT2D eigenvalue weighted by Crippen LogP contribution is -2.41. The van der Waals surface area contributed by atoms with Crippen molar-refractivity contribution in [2.45, 2.75) is 32.1 Å². The number of piperidine rings is 1. The van der Waals surface area contributed by atoms with Crippen LogP contribution in [0.2, 0.25) is 0 Å². The van der Waals surface area contributed by atoms with Crippen LogP contribution >= 0.6 is 0 Å². The summed E-state index contributed by atoms with van der Waals surface area (Å²) in [4.78, 5) is 8.71. The molecular weight excluding hydrogens is 403 g/mol. The van der Waals surface area contributed by atoms with E-state index in [0.717, 1.165) is 29.9 Å². The first-order valence-corrected chi connectivity index (χ1v) is 11.7. The molecule has 1 atom stereocenters. The molecule has 0 N–H and O–H groups in total. The summed E-state index contributed by atoms with van der Waals surface area (Å²) in [6.45, 7) is 3.59. The fraction of sp³-hybridized carbons (Fsp3) is 0.364. The van der Waals surface area contributed by atoms with Crippen LogP contribution in [0.25, 0.3) is 11.4 Å². The zero-order valence-electron chi connectivity index (χ0n) is 16.9. The second kappa shape index (κ2) is 8.65. The van der Waals surface area contributed by atoms with Gasteiger partial charge >= 0.3 is 0 Å². The molecule has 1 unspecified atom stereocenters. The van der Waals surface area contributed by atoms with Crippen molar-refractivity contribution in [3.63, 3.8) is 0 Å². The fourth-order valence-corrected chi connectivity index (χ4v) is 5.66. The van der Waals surface area contributed by atoms with Gasteiger partial charge in [-0.05, 0) is 43.9 Å². The maximum absolute atomic E-state index is 14.0. The number of aryl methyl sites for hydroxylation is 1. The van der Waals surface area contributed by atoms with Gasteiger partial charge < -0.3 is 4.57 Å². The van der Waals surface area contributed by atoms with Crippen LogP contribution < -0.4 is 0 Å². The number of rotatable bonds is 6. The van der Waals surface area contributed by atoms with Gasteiger partial charge in [0, 0.05) is 55.0 Å². The van der Waals surface area contributed by atoms with Gasteiger partial charge in [-0.3, -0.25) is 4.98 Å². The monoisotopic (exact) mass is 428 g/mol. The molecule has 158 valence electrons. The Kier molecular flexibility index (Phi) is 5.97. The van der Waals surface area contributed by atoms with E-state index in [4.69, 9.17) is 0 Å². The van der Waals surface area contributed by atoms with Crippen molar-refractivity contribution in [1.29, 1.82) is 0 Å². The lowest BCUT2D eigenvalue weighted by Gasteiger charge is -2.32. The molecule has 1 aliphatic heterocycles. The molecule has 1 fully saturated rings. The second-order valence-electron chi connectivity index (χ2n) is 7.79. The second-order valence-corrected chi connectivity index (χ2v) is 9.76. The molecule has 1 aliphatic rings. The Hall–Kier alpha value is -2.58. The molecule has 1 saturated heterocycles. The third-order valence-corrected chi connectivity index (χ3v) is 7.38. The lowest BCUT2D eigenvalue weighted by molar-refractivity contribution is 0.244. The molecule has 30 heavy (non-hydrogen) atoms. The standard InChI is InChI=1S/C22H25FN4O2S/c1-17-12-25-22(19-8-4-10-24-13-19)27(17)15-18-6-5-11-26(14-18)30(28,29)16-20-7-2-3-9-21(20)23/h2-4,7-10,12-13,18H,5-6,11,14-16H2,1H3. The van der Waals surface area contributed by atoms with Crippen molar-refractivity contribution < 1.29 is 12.8 Å². The van der Waals surface area contributed by atoms with E-state index in [9.17, 15) is 12.8 Å². The molecule has 3 aromatic rings. The predicted molar refractivity (Wildman–Crippen MR) is 114 cm³/mol. The van der Waals surface area contributed by atoms with Crippen LogP contribution in [0.3, 0.4) is 0 Å². The van der Waals surface area contributed by atoms with Crippen LogP contribution in [0, 0.1) is 18.7 Å². The van der Waals surface area contributed by atoms with Crippen LogP contribution in [0.15, 0.2) is 55.0 Å². The summed E-state index contributed by atoms with van der Waals surface area (Å²) in [5.41, 5.74) is 2.18. The van der Waals surface area contributed by atoms with Crippen molar-refractivity contribution >= 4 is 10.0 Å². The zero-order valence-corrected chi connectivity index (χ0v) is 17.7. The van der Waals surface area contributed by atoms with Gasteiger partial charge in [0.2, 0.25) is 10.0 Å². The first kappa shape index (κ1) is 20.7. The normalized spacial score (nSPS) is 17.9. The number of imidazole rings is 1. The van der Waals surface area contributed by atoms with E-state index < -0.39 is 15.8 Å². The summed E-state index contributed by atoms with van der Waals surface area (Å²) in [5.74, 6) is 0.214. The summed E-state index contributed by atoms with van der Waals surface area (Å²) in [7, 11) is -3.58. The van der Waals surface area contributed by atoms with Gasteiger partial charge in [-0.1, -0.05) is 18.2 Å². The molecule has 0 bridgehead atoms. The Balaban J connectivity index is 1.50. The summed E-state index contributed by atoms with van der Waals surface area (Å²) < 4.78 is 43.5. The van der Waals surface area contributed by atoms with E-state index >= 15 is 0 Å². The predicted octanol–water partition coefficient (Wildman–Crippen LogP) is 3.63. The largest absolute Gasteiger partial charge is 0.328 e. The molecule has 3 heterocycles. The topological polar surface area (TPSA) is 68.1 Å². The van der Waals surface area contributed by atoms with Crippen LogP contribution in [0.4, 0.5) is 4.39 Å². The molecule has 0 spiro atoms. The van der Waals surface area contributed by atoms with E-state index in [1.54, 1.807) is 24.5 Å². The molecule has 0 saturated carbocycles. The number of nitrogens with zero attached hydrogens (tertiary/aromatic N) is 4. The summed E-state index contributed by atoms with van der Waals surface area (Å²) >= 11 is 0. The van der Waals surface area contributed by atoms with Crippen molar-refractivity contribution in [1.82, 2.24) is 18.8 Å². The van der Waals surface area contributed by atoms with Gasteiger partial charge in [-0.15, -0.1) is 0 Å². The van der Waals surface area contributed by atoms with Crippen LogP contribution in [-0.4, -0.2) is 40.3 Å². The number of pyridine rings is 1. The van der Waals surface area contributed by atoms with Crippen molar-refractivity contribution in [2.24, 2.45) is 5.92 Å². The average Bonchev–Trinajstić information content (AvgIpc) is 3.11. The Bertz CT molecular complexity index is 1120. The van der Waals surface area contributed by atoms with E-state index in [0.29, 0.717) is 19.6 Å². The van der Waals surface area contributed by atoms with Gasteiger partial charge in [0.15, 0.2) is 0 Å². The minimum atomic E-state index is -3.58. The third-order valence-electron chi connectivity index (χ3n) is 5.59. The molecule has 2 aromatic heterocycles. The zero-order chi connectivity index (χ0) is 21.1. The third kappa shape index (κ3) is 4.44. The summed E-state index contributed by atoms with van der Waals surface area (Å²) in [6.07, 6.45) is 7.07. The Morgan fingerprint density at radius 2 is 2.00 bits per heavy atom. The highest BCUT2D eigenvalue weighted by Crippen LogP contribution is 2.26. The van der Waals surface area contributed by atoms with Crippen molar-refractivity contribution in [2.75, 3.05) is 13.1 Å². The van der Waals surface area contributed by atoms with Gasteiger partial charge in [-0.2, -0.15) is 0 Å². The maximum atomic E-state index is 14.0. The lowest BCUT2D eigenvalue weighted by atomic mass is 9.99. The molecule has 8 heteroatoms. The SMILES string of the molecule is Cc1cnc(-c2cccnc2)n1CC1CCCN(S(=O)(=O)Cc2ccccc2F)C1. The molecule has 6 nitrogen and oxygen atoms in total. The number of aromatic nitrogens is 3. The van der Waals surface area contributed by atoms with E-state index in [-0.39, 0.29) is 17.2 Å².